The number of alkyl halides is 3. The van der Waals surface area contributed by atoms with Crippen LogP contribution in [0.15, 0.2) is 24.3 Å². The first-order valence-electron chi connectivity index (χ1n) is 7.45. The number of nitrogens with two attached hydrogens (primary N) is 1. The predicted molar refractivity (Wildman–Crippen MR) is 80.1 cm³/mol. The molecule has 0 aliphatic heterocycles. The van der Waals surface area contributed by atoms with Crippen LogP contribution in [0.4, 0.5) is 13.2 Å². The quantitative estimate of drug-likeness (QED) is 0.725. The highest BCUT2D eigenvalue weighted by Crippen LogP contribution is 2.36. The van der Waals surface area contributed by atoms with Crippen molar-refractivity contribution in [1.82, 2.24) is 0 Å². The van der Waals surface area contributed by atoms with Crippen LogP contribution in [0, 0.1) is 11.8 Å². The minimum absolute atomic E-state index is 0.00138. The van der Waals surface area contributed by atoms with E-state index in [2.05, 4.69) is 0 Å². The Hall–Kier alpha value is -1.76. The maximum absolute atomic E-state index is 12.8. The van der Waals surface area contributed by atoms with Gasteiger partial charge in [0.1, 0.15) is 5.75 Å². The van der Waals surface area contributed by atoms with Crippen molar-refractivity contribution < 1.29 is 27.8 Å². The summed E-state index contributed by atoms with van der Waals surface area (Å²) in [5, 5.41) is 8.77. The van der Waals surface area contributed by atoms with E-state index in [0.29, 0.717) is 12.8 Å². The van der Waals surface area contributed by atoms with Gasteiger partial charge in [0.2, 0.25) is 0 Å². The van der Waals surface area contributed by atoms with E-state index in [4.69, 9.17) is 15.6 Å². The molecule has 0 saturated carbocycles. The Kier molecular flexibility index (Phi) is 7.35. The van der Waals surface area contributed by atoms with Gasteiger partial charge >= 0.3 is 12.1 Å². The van der Waals surface area contributed by atoms with Gasteiger partial charge in [-0.25, -0.2) is 0 Å². The van der Waals surface area contributed by atoms with Crippen molar-refractivity contribution in [3.05, 3.63) is 29.8 Å². The maximum Gasteiger partial charge on any atom is 0.419 e. The molecule has 1 aromatic carbocycles. The number of carbonyl (C=O) groups is 1. The first kappa shape index (κ1) is 19.3. The van der Waals surface area contributed by atoms with E-state index in [1.165, 1.54) is 18.2 Å². The monoisotopic (exact) mass is 333 g/mol. The van der Waals surface area contributed by atoms with Crippen LogP contribution in [0.25, 0.3) is 0 Å². The smallest absolute Gasteiger partial charge is 0.419 e. The van der Waals surface area contributed by atoms with Gasteiger partial charge in [-0.15, -0.1) is 0 Å². The van der Waals surface area contributed by atoms with Crippen molar-refractivity contribution >= 4 is 5.97 Å². The highest BCUT2D eigenvalue weighted by atomic mass is 19.4. The highest BCUT2D eigenvalue weighted by molar-refractivity contribution is 5.67. The lowest BCUT2D eigenvalue weighted by molar-refractivity contribution is -0.139. The van der Waals surface area contributed by atoms with Crippen LogP contribution < -0.4 is 10.5 Å². The van der Waals surface area contributed by atoms with E-state index >= 15 is 0 Å². The van der Waals surface area contributed by atoms with E-state index in [1.54, 1.807) is 0 Å². The van der Waals surface area contributed by atoms with Gasteiger partial charge in [-0.3, -0.25) is 4.79 Å². The fourth-order valence-electron chi connectivity index (χ4n) is 2.39. The lowest BCUT2D eigenvalue weighted by atomic mass is 9.91. The first-order chi connectivity index (χ1) is 10.7. The number of hydrogen-bond donors (Lipinski definition) is 2. The van der Waals surface area contributed by atoms with Crippen molar-refractivity contribution in [2.75, 3.05) is 13.2 Å². The number of rotatable bonds is 9. The third-order valence-electron chi connectivity index (χ3n) is 3.59. The van der Waals surface area contributed by atoms with Gasteiger partial charge in [-0.05, 0) is 43.4 Å². The zero-order valence-electron chi connectivity index (χ0n) is 13.0. The second-order valence-corrected chi connectivity index (χ2v) is 5.67. The summed E-state index contributed by atoms with van der Waals surface area (Å²) in [6.07, 6.45) is -3.32. The summed E-state index contributed by atoms with van der Waals surface area (Å²) in [4.78, 5) is 10.7. The number of ether oxygens (including phenoxy) is 1. The van der Waals surface area contributed by atoms with Gasteiger partial charge in [0, 0.05) is 6.42 Å². The molecule has 4 nitrogen and oxygen atoms in total. The van der Waals surface area contributed by atoms with Gasteiger partial charge in [0.05, 0.1) is 12.2 Å². The van der Waals surface area contributed by atoms with Crippen molar-refractivity contribution in [1.29, 1.82) is 0 Å². The standard InChI is InChI=1S/C16H22F3NO3/c1-11(8-12(10-20)9-15(21)22)6-7-23-14-5-3-2-4-13(14)16(17,18)19/h2-5,11-12H,6-10,20H2,1H3,(H,21,22)/t11-,12+/m1/s1. The normalized spacial score (nSPS) is 14.3. The van der Waals surface area contributed by atoms with Gasteiger partial charge in [-0.1, -0.05) is 19.1 Å². The summed E-state index contributed by atoms with van der Waals surface area (Å²) < 4.78 is 43.7. The fourth-order valence-corrected chi connectivity index (χ4v) is 2.39. The molecule has 130 valence electrons. The van der Waals surface area contributed by atoms with Crippen LogP contribution in [0.5, 0.6) is 5.75 Å². The molecule has 3 N–H and O–H groups in total. The Morgan fingerprint density at radius 2 is 2.00 bits per heavy atom. The number of carboxylic acids is 1. The fraction of sp³-hybridized carbons (Fsp3) is 0.562. The van der Waals surface area contributed by atoms with Crippen LogP contribution in [0.1, 0.15) is 31.7 Å². The minimum Gasteiger partial charge on any atom is -0.493 e. The molecule has 0 saturated heterocycles. The third-order valence-corrected chi connectivity index (χ3v) is 3.59. The maximum atomic E-state index is 12.8. The van der Waals surface area contributed by atoms with Crippen LogP contribution in [0.3, 0.4) is 0 Å². The van der Waals surface area contributed by atoms with E-state index in [1.807, 2.05) is 6.92 Å². The van der Waals surface area contributed by atoms with Crippen LogP contribution in [0.2, 0.25) is 0 Å². The number of para-hydroxylation sites is 1. The van der Waals surface area contributed by atoms with Gasteiger partial charge in [0.25, 0.3) is 0 Å². The molecular formula is C16H22F3NO3. The molecule has 1 rings (SSSR count). The Balaban J connectivity index is 2.49. The number of halogens is 3. The second-order valence-electron chi connectivity index (χ2n) is 5.67. The van der Waals surface area contributed by atoms with E-state index < -0.39 is 17.7 Å². The Morgan fingerprint density at radius 1 is 1.35 bits per heavy atom. The minimum atomic E-state index is -4.45. The average molecular weight is 333 g/mol. The first-order valence-corrected chi connectivity index (χ1v) is 7.45. The molecule has 0 radical (unpaired) electrons. The third kappa shape index (κ3) is 6.90. The van der Waals surface area contributed by atoms with Crippen molar-refractivity contribution in [2.24, 2.45) is 17.6 Å². The molecule has 0 fully saturated rings. The summed E-state index contributed by atoms with van der Waals surface area (Å²) in [6, 6.07) is 5.08. The highest BCUT2D eigenvalue weighted by Gasteiger charge is 2.34. The molecule has 0 amide bonds. The SMILES string of the molecule is C[C@H](CCOc1ccccc1C(F)(F)F)C[C@H](CN)CC(=O)O. The molecule has 0 aliphatic carbocycles. The van der Waals surface area contributed by atoms with Crippen molar-refractivity contribution in [3.63, 3.8) is 0 Å². The molecule has 0 bridgehead atoms. The van der Waals surface area contributed by atoms with E-state index in [9.17, 15) is 18.0 Å². The topological polar surface area (TPSA) is 72.5 Å². The molecule has 0 aliphatic rings. The number of hydrogen-bond acceptors (Lipinski definition) is 3. The zero-order chi connectivity index (χ0) is 17.5. The molecular weight excluding hydrogens is 311 g/mol. The van der Waals surface area contributed by atoms with Gasteiger partial charge in [0.15, 0.2) is 0 Å². The molecule has 0 spiro atoms. The molecule has 2 atom stereocenters. The second kappa shape index (κ2) is 8.76. The number of benzene rings is 1. The zero-order valence-corrected chi connectivity index (χ0v) is 13.0. The van der Waals surface area contributed by atoms with Gasteiger partial charge in [-0.2, -0.15) is 13.2 Å². The van der Waals surface area contributed by atoms with E-state index in [-0.39, 0.29) is 37.2 Å². The predicted octanol–water partition coefficient (Wildman–Crippen LogP) is 3.55. The summed E-state index contributed by atoms with van der Waals surface area (Å²) >= 11 is 0. The molecule has 0 aromatic heterocycles. The molecule has 23 heavy (non-hydrogen) atoms. The molecule has 0 unspecified atom stereocenters. The van der Waals surface area contributed by atoms with Gasteiger partial charge < -0.3 is 15.6 Å². The Labute approximate surface area is 133 Å². The average Bonchev–Trinajstić information content (AvgIpc) is 2.45. The van der Waals surface area contributed by atoms with Crippen molar-refractivity contribution in [3.8, 4) is 5.75 Å². The van der Waals surface area contributed by atoms with Crippen molar-refractivity contribution in [2.45, 2.75) is 32.4 Å². The summed E-state index contributed by atoms with van der Waals surface area (Å²) in [5.74, 6) is -1.11. The molecule has 1 aromatic rings. The van der Waals surface area contributed by atoms with Crippen LogP contribution >= 0.6 is 0 Å². The summed E-state index contributed by atoms with van der Waals surface area (Å²) in [7, 11) is 0. The lowest BCUT2D eigenvalue weighted by Gasteiger charge is -2.19. The largest absolute Gasteiger partial charge is 0.493 e. The number of carboxylic acid groups (broad SMARTS) is 1. The summed E-state index contributed by atoms with van der Waals surface area (Å²) in [6.45, 7) is 2.32. The van der Waals surface area contributed by atoms with Crippen LogP contribution in [-0.2, 0) is 11.0 Å². The summed E-state index contributed by atoms with van der Waals surface area (Å²) in [5.41, 5.74) is 4.74. The van der Waals surface area contributed by atoms with Crippen LogP contribution in [-0.4, -0.2) is 24.2 Å². The number of aliphatic carboxylic acids is 1. The molecule has 0 heterocycles. The molecule has 7 heteroatoms. The van der Waals surface area contributed by atoms with E-state index in [0.717, 1.165) is 6.07 Å². The Morgan fingerprint density at radius 3 is 2.57 bits per heavy atom. The lowest BCUT2D eigenvalue weighted by Crippen LogP contribution is -2.21. The Bertz CT molecular complexity index is 506.